The number of carboxylic acid groups (broad SMARTS) is 1. The lowest BCUT2D eigenvalue weighted by Gasteiger charge is -2.27. The molecule has 2 amide bonds. The zero-order chi connectivity index (χ0) is 16.0. The van der Waals surface area contributed by atoms with Gasteiger partial charge in [0.2, 0.25) is 0 Å². The molecule has 6 nitrogen and oxygen atoms in total. The van der Waals surface area contributed by atoms with Crippen LogP contribution in [0.1, 0.15) is 20.3 Å². The van der Waals surface area contributed by atoms with Gasteiger partial charge in [0.1, 0.15) is 0 Å². The number of hydrogen-bond donors (Lipinski definition) is 2. The van der Waals surface area contributed by atoms with E-state index in [-0.39, 0.29) is 12.1 Å². The molecule has 0 fully saturated rings. The van der Waals surface area contributed by atoms with E-state index in [0.717, 1.165) is 6.54 Å². The van der Waals surface area contributed by atoms with E-state index in [1.807, 2.05) is 19.0 Å². The van der Waals surface area contributed by atoms with Crippen molar-refractivity contribution in [1.82, 2.24) is 15.1 Å². The van der Waals surface area contributed by atoms with Crippen LogP contribution >= 0.6 is 0 Å². The van der Waals surface area contributed by atoms with Crippen LogP contribution in [0.5, 0.6) is 0 Å². The molecular formula is C15H27N3O3. The van der Waals surface area contributed by atoms with Gasteiger partial charge in [-0.3, -0.25) is 4.79 Å². The molecule has 21 heavy (non-hydrogen) atoms. The number of likely N-dealkylation sites (N-methyl/N-ethyl adjacent to an activating group) is 1. The summed E-state index contributed by atoms with van der Waals surface area (Å²) in [7, 11) is 3.95. The minimum Gasteiger partial charge on any atom is -0.481 e. The van der Waals surface area contributed by atoms with Crippen LogP contribution in [0, 0.1) is 11.8 Å². The predicted molar refractivity (Wildman–Crippen MR) is 82.2 cm³/mol. The molecule has 1 rings (SSSR count). The Morgan fingerprint density at radius 2 is 1.95 bits per heavy atom. The molecule has 0 aromatic carbocycles. The molecule has 2 atom stereocenters. The van der Waals surface area contributed by atoms with E-state index in [9.17, 15) is 9.59 Å². The number of aliphatic carboxylic acids is 1. The summed E-state index contributed by atoms with van der Waals surface area (Å²) in [4.78, 5) is 27.1. The van der Waals surface area contributed by atoms with Gasteiger partial charge < -0.3 is 20.2 Å². The van der Waals surface area contributed by atoms with E-state index < -0.39 is 11.9 Å². The van der Waals surface area contributed by atoms with Crippen LogP contribution in [0.3, 0.4) is 0 Å². The van der Waals surface area contributed by atoms with Gasteiger partial charge in [-0.2, -0.15) is 0 Å². The van der Waals surface area contributed by atoms with Gasteiger partial charge >= 0.3 is 12.0 Å². The van der Waals surface area contributed by atoms with Crippen molar-refractivity contribution in [2.45, 2.75) is 26.3 Å². The molecule has 2 N–H and O–H groups in total. The fourth-order valence-electron chi connectivity index (χ4n) is 2.28. The van der Waals surface area contributed by atoms with E-state index >= 15 is 0 Å². The largest absolute Gasteiger partial charge is 0.481 e. The normalized spacial score (nSPS) is 21.0. The standard InChI is InChI=1S/C15H27N3O3/c1-11(2)10-18(8-7-17(3)4)15(21)16-13-6-5-12(9-13)14(19)20/h5-6,11-13H,7-10H2,1-4H3,(H,16,21)(H,19,20). The maximum atomic E-state index is 12.3. The number of urea groups is 1. The number of carboxylic acids is 1. The van der Waals surface area contributed by atoms with Crippen molar-refractivity contribution in [3.8, 4) is 0 Å². The first-order valence-corrected chi connectivity index (χ1v) is 7.41. The topological polar surface area (TPSA) is 72.9 Å². The highest BCUT2D eigenvalue weighted by molar-refractivity contribution is 5.76. The second-order valence-corrected chi connectivity index (χ2v) is 6.26. The van der Waals surface area contributed by atoms with E-state index in [1.165, 1.54) is 0 Å². The Hall–Kier alpha value is -1.56. The molecule has 6 heteroatoms. The third kappa shape index (κ3) is 6.16. The van der Waals surface area contributed by atoms with Gasteiger partial charge in [-0.25, -0.2) is 4.79 Å². The van der Waals surface area contributed by atoms with Crippen molar-refractivity contribution in [2.75, 3.05) is 33.7 Å². The van der Waals surface area contributed by atoms with Gasteiger partial charge in [-0.05, 0) is 26.4 Å². The number of carbonyl (C=O) groups is 2. The van der Waals surface area contributed by atoms with E-state index in [4.69, 9.17) is 5.11 Å². The fourth-order valence-corrected chi connectivity index (χ4v) is 2.28. The van der Waals surface area contributed by atoms with Crippen molar-refractivity contribution in [2.24, 2.45) is 11.8 Å². The lowest BCUT2D eigenvalue weighted by molar-refractivity contribution is -0.140. The van der Waals surface area contributed by atoms with Gasteiger partial charge in [0.25, 0.3) is 0 Å². The summed E-state index contributed by atoms with van der Waals surface area (Å²) in [5, 5.41) is 11.9. The lowest BCUT2D eigenvalue weighted by atomic mass is 10.1. The predicted octanol–water partition coefficient (Wildman–Crippen LogP) is 1.24. The molecular weight excluding hydrogens is 270 g/mol. The number of rotatable bonds is 7. The Bertz CT molecular complexity index is 394. The van der Waals surface area contributed by atoms with Crippen LogP contribution < -0.4 is 5.32 Å². The maximum absolute atomic E-state index is 12.3. The molecule has 1 aliphatic carbocycles. The first-order valence-electron chi connectivity index (χ1n) is 7.41. The Labute approximate surface area is 126 Å². The van der Waals surface area contributed by atoms with E-state index in [0.29, 0.717) is 25.4 Å². The van der Waals surface area contributed by atoms with Crippen LogP contribution in [0.15, 0.2) is 12.2 Å². The van der Waals surface area contributed by atoms with E-state index in [2.05, 4.69) is 19.2 Å². The first-order chi connectivity index (χ1) is 9.79. The number of amides is 2. The monoisotopic (exact) mass is 297 g/mol. The second kappa shape index (κ2) is 8.02. The summed E-state index contributed by atoms with van der Waals surface area (Å²) in [5.41, 5.74) is 0. The molecule has 120 valence electrons. The van der Waals surface area contributed by atoms with Gasteiger partial charge in [0.05, 0.1) is 12.0 Å². The van der Waals surface area contributed by atoms with Gasteiger partial charge in [-0.1, -0.05) is 26.0 Å². The molecule has 0 radical (unpaired) electrons. The molecule has 0 aliphatic heterocycles. The van der Waals surface area contributed by atoms with Gasteiger partial charge in [0, 0.05) is 19.6 Å². The Morgan fingerprint density at radius 1 is 1.29 bits per heavy atom. The summed E-state index contributed by atoms with van der Waals surface area (Å²) < 4.78 is 0. The molecule has 0 aromatic rings. The van der Waals surface area contributed by atoms with Crippen molar-refractivity contribution in [3.05, 3.63) is 12.2 Å². The Balaban J connectivity index is 2.52. The summed E-state index contributed by atoms with van der Waals surface area (Å²) in [6, 6.07) is -0.307. The third-order valence-corrected chi connectivity index (χ3v) is 3.40. The highest BCUT2D eigenvalue weighted by Crippen LogP contribution is 2.18. The zero-order valence-electron chi connectivity index (χ0n) is 13.4. The fraction of sp³-hybridized carbons (Fsp3) is 0.733. The van der Waals surface area contributed by atoms with Crippen molar-refractivity contribution >= 4 is 12.0 Å². The van der Waals surface area contributed by atoms with Crippen molar-refractivity contribution < 1.29 is 14.7 Å². The molecule has 1 aliphatic rings. The Kier molecular flexibility index (Phi) is 6.68. The molecule has 0 aromatic heterocycles. The van der Waals surface area contributed by atoms with Crippen molar-refractivity contribution in [3.63, 3.8) is 0 Å². The number of carbonyl (C=O) groups excluding carboxylic acids is 1. The quantitative estimate of drug-likeness (QED) is 0.694. The molecule has 0 saturated carbocycles. The average molecular weight is 297 g/mol. The van der Waals surface area contributed by atoms with Crippen molar-refractivity contribution in [1.29, 1.82) is 0 Å². The number of nitrogens with one attached hydrogen (secondary N) is 1. The average Bonchev–Trinajstić information content (AvgIpc) is 2.82. The number of nitrogens with zero attached hydrogens (tertiary/aromatic N) is 2. The molecule has 2 unspecified atom stereocenters. The van der Waals surface area contributed by atoms with Gasteiger partial charge in [0.15, 0.2) is 0 Å². The van der Waals surface area contributed by atoms with Crippen LogP contribution in [-0.2, 0) is 4.79 Å². The second-order valence-electron chi connectivity index (χ2n) is 6.26. The van der Waals surface area contributed by atoms with E-state index in [1.54, 1.807) is 17.1 Å². The zero-order valence-corrected chi connectivity index (χ0v) is 13.4. The molecule has 0 saturated heterocycles. The van der Waals surface area contributed by atoms with Crippen LogP contribution in [0.25, 0.3) is 0 Å². The lowest BCUT2D eigenvalue weighted by Crippen LogP contribution is -2.47. The molecule has 0 heterocycles. The van der Waals surface area contributed by atoms with Crippen LogP contribution in [0.2, 0.25) is 0 Å². The molecule has 0 spiro atoms. The first kappa shape index (κ1) is 17.5. The highest BCUT2D eigenvalue weighted by Gasteiger charge is 2.26. The minimum atomic E-state index is -0.838. The molecule has 0 bridgehead atoms. The maximum Gasteiger partial charge on any atom is 0.317 e. The summed E-state index contributed by atoms with van der Waals surface area (Å²) >= 11 is 0. The summed E-state index contributed by atoms with van der Waals surface area (Å²) in [6.07, 6.45) is 3.86. The summed E-state index contributed by atoms with van der Waals surface area (Å²) in [5.74, 6) is -0.936. The highest BCUT2D eigenvalue weighted by atomic mass is 16.4. The SMILES string of the molecule is CC(C)CN(CCN(C)C)C(=O)NC1C=CC(C(=O)O)C1. The number of hydrogen-bond acceptors (Lipinski definition) is 3. The van der Waals surface area contributed by atoms with Crippen LogP contribution in [-0.4, -0.2) is 66.7 Å². The van der Waals surface area contributed by atoms with Crippen LogP contribution in [0.4, 0.5) is 4.79 Å². The summed E-state index contributed by atoms with van der Waals surface area (Å²) in [6.45, 7) is 6.31. The minimum absolute atomic E-state index is 0.119. The Morgan fingerprint density at radius 3 is 2.43 bits per heavy atom. The van der Waals surface area contributed by atoms with Gasteiger partial charge in [-0.15, -0.1) is 0 Å². The third-order valence-electron chi connectivity index (χ3n) is 3.40. The smallest absolute Gasteiger partial charge is 0.317 e.